The molecule has 4 nitrogen and oxygen atoms in total. The Morgan fingerprint density at radius 3 is 2.58 bits per heavy atom. The summed E-state index contributed by atoms with van der Waals surface area (Å²) in [5.41, 5.74) is 0.490. The Morgan fingerprint density at radius 2 is 2.00 bits per heavy atom. The van der Waals surface area contributed by atoms with Crippen LogP contribution in [0.5, 0.6) is 0 Å². The summed E-state index contributed by atoms with van der Waals surface area (Å²) in [6, 6.07) is 0. The first-order chi connectivity index (χ1) is 8.72. The van der Waals surface area contributed by atoms with Gasteiger partial charge in [-0.05, 0) is 31.2 Å². The molecule has 2 fully saturated rings. The zero-order valence-corrected chi connectivity index (χ0v) is 13.1. The Bertz CT molecular complexity index is 240. The fourth-order valence-electron chi connectivity index (χ4n) is 3.08. The van der Waals surface area contributed by atoms with Gasteiger partial charge in [-0.1, -0.05) is 6.92 Å². The van der Waals surface area contributed by atoms with E-state index in [9.17, 15) is 0 Å². The van der Waals surface area contributed by atoms with Crippen molar-refractivity contribution < 1.29 is 9.47 Å². The highest BCUT2D eigenvalue weighted by Gasteiger charge is 2.32. The summed E-state index contributed by atoms with van der Waals surface area (Å²) < 4.78 is 10.8. The molecule has 2 rings (SSSR count). The van der Waals surface area contributed by atoms with Gasteiger partial charge in [0.2, 0.25) is 0 Å². The summed E-state index contributed by atoms with van der Waals surface area (Å²) in [6.45, 7) is 9.84. The van der Waals surface area contributed by atoms with Crippen molar-refractivity contribution in [1.82, 2.24) is 10.2 Å². The standard InChI is InChI=1S/C14H28N2O2.ClH/c1-14(5-6-15-11-14)12-16-7-3-13(4-8-16)18-10-9-17-2;/h13,15H,3-12H2,1-2H3;1H. The second kappa shape index (κ2) is 8.42. The lowest BCUT2D eigenvalue weighted by molar-refractivity contribution is -0.0192. The molecule has 1 atom stereocenters. The number of ether oxygens (including phenoxy) is 2. The molecule has 2 heterocycles. The topological polar surface area (TPSA) is 33.7 Å². The monoisotopic (exact) mass is 292 g/mol. The number of halogens is 1. The maximum absolute atomic E-state index is 5.80. The van der Waals surface area contributed by atoms with Crippen LogP contribution in [0.2, 0.25) is 0 Å². The Hall–Kier alpha value is 0.130. The molecule has 19 heavy (non-hydrogen) atoms. The third-order valence-corrected chi connectivity index (χ3v) is 4.24. The summed E-state index contributed by atoms with van der Waals surface area (Å²) in [6.07, 6.45) is 4.11. The first kappa shape index (κ1) is 17.2. The van der Waals surface area contributed by atoms with Crippen LogP contribution in [-0.4, -0.2) is 64.1 Å². The molecule has 1 N–H and O–H groups in total. The van der Waals surface area contributed by atoms with Crippen molar-refractivity contribution in [2.24, 2.45) is 5.41 Å². The Morgan fingerprint density at radius 1 is 1.26 bits per heavy atom. The van der Waals surface area contributed by atoms with Crippen LogP contribution in [0.1, 0.15) is 26.2 Å². The third-order valence-electron chi connectivity index (χ3n) is 4.24. The van der Waals surface area contributed by atoms with Gasteiger partial charge in [0.1, 0.15) is 0 Å². The first-order valence-corrected chi connectivity index (χ1v) is 7.25. The predicted octanol–water partition coefficient (Wildman–Crippen LogP) is 1.54. The predicted molar refractivity (Wildman–Crippen MR) is 80.1 cm³/mol. The normalized spacial score (nSPS) is 29.4. The van der Waals surface area contributed by atoms with E-state index in [1.165, 1.54) is 52.0 Å². The van der Waals surface area contributed by atoms with Crippen LogP contribution in [0.3, 0.4) is 0 Å². The lowest BCUT2D eigenvalue weighted by Crippen LogP contribution is -2.43. The minimum absolute atomic E-state index is 0. The average Bonchev–Trinajstić information content (AvgIpc) is 2.78. The molecule has 0 bridgehead atoms. The molecule has 2 saturated heterocycles. The maximum Gasteiger partial charge on any atom is 0.0704 e. The van der Waals surface area contributed by atoms with Gasteiger partial charge in [-0.2, -0.15) is 0 Å². The zero-order chi connectivity index (χ0) is 12.8. The Kier molecular flexibility index (Phi) is 7.62. The van der Waals surface area contributed by atoms with E-state index in [0.29, 0.717) is 18.1 Å². The molecular formula is C14H29ClN2O2. The molecule has 0 radical (unpaired) electrons. The largest absolute Gasteiger partial charge is 0.382 e. The molecule has 114 valence electrons. The van der Waals surface area contributed by atoms with Crippen LogP contribution in [0.25, 0.3) is 0 Å². The molecule has 0 aromatic rings. The summed E-state index contributed by atoms with van der Waals surface area (Å²) in [4.78, 5) is 2.61. The van der Waals surface area contributed by atoms with Crippen molar-refractivity contribution in [3.63, 3.8) is 0 Å². The lowest BCUT2D eigenvalue weighted by Gasteiger charge is -2.36. The van der Waals surface area contributed by atoms with Crippen molar-refractivity contribution in [3.05, 3.63) is 0 Å². The van der Waals surface area contributed by atoms with Crippen LogP contribution in [0, 0.1) is 5.41 Å². The highest BCUT2D eigenvalue weighted by Crippen LogP contribution is 2.27. The highest BCUT2D eigenvalue weighted by atomic mass is 35.5. The smallest absolute Gasteiger partial charge is 0.0704 e. The number of piperidine rings is 1. The van der Waals surface area contributed by atoms with Crippen LogP contribution < -0.4 is 5.32 Å². The van der Waals surface area contributed by atoms with Gasteiger partial charge < -0.3 is 19.7 Å². The van der Waals surface area contributed by atoms with Gasteiger partial charge in [-0.15, -0.1) is 12.4 Å². The van der Waals surface area contributed by atoms with Crippen LogP contribution >= 0.6 is 12.4 Å². The fourth-order valence-corrected chi connectivity index (χ4v) is 3.08. The van der Waals surface area contributed by atoms with Crippen molar-refractivity contribution in [2.45, 2.75) is 32.3 Å². The van der Waals surface area contributed by atoms with Crippen molar-refractivity contribution in [2.75, 3.05) is 53.0 Å². The molecule has 5 heteroatoms. The number of hydrogen-bond donors (Lipinski definition) is 1. The number of hydrogen-bond acceptors (Lipinski definition) is 4. The number of methoxy groups -OCH3 is 1. The summed E-state index contributed by atoms with van der Waals surface area (Å²) >= 11 is 0. The van der Waals surface area contributed by atoms with Gasteiger partial charge in [-0.25, -0.2) is 0 Å². The SMILES string of the molecule is COCCOC1CCN(CC2(C)CCNC2)CC1.Cl. The molecule has 0 aromatic heterocycles. The molecule has 0 aliphatic carbocycles. The fraction of sp³-hybridized carbons (Fsp3) is 1.00. The number of likely N-dealkylation sites (tertiary alicyclic amines) is 1. The molecule has 0 saturated carbocycles. The maximum atomic E-state index is 5.80. The Labute approximate surface area is 123 Å². The van der Waals surface area contributed by atoms with Gasteiger partial charge in [0.25, 0.3) is 0 Å². The first-order valence-electron chi connectivity index (χ1n) is 7.25. The highest BCUT2D eigenvalue weighted by molar-refractivity contribution is 5.85. The summed E-state index contributed by atoms with van der Waals surface area (Å²) in [5.74, 6) is 0. The van der Waals surface area contributed by atoms with Gasteiger partial charge in [-0.3, -0.25) is 0 Å². The molecule has 1 unspecified atom stereocenters. The quantitative estimate of drug-likeness (QED) is 0.753. The van der Waals surface area contributed by atoms with Crippen molar-refractivity contribution in [3.8, 4) is 0 Å². The van der Waals surface area contributed by atoms with E-state index in [0.717, 1.165) is 6.61 Å². The lowest BCUT2D eigenvalue weighted by atomic mass is 9.88. The summed E-state index contributed by atoms with van der Waals surface area (Å²) in [5, 5.41) is 3.48. The zero-order valence-electron chi connectivity index (χ0n) is 12.3. The van der Waals surface area contributed by atoms with Crippen molar-refractivity contribution in [1.29, 1.82) is 0 Å². The average molecular weight is 293 g/mol. The van der Waals surface area contributed by atoms with E-state index >= 15 is 0 Å². The van der Waals surface area contributed by atoms with E-state index in [-0.39, 0.29) is 12.4 Å². The van der Waals surface area contributed by atoms with E-state index in [1.807, 2.05) is 0 Å². The van der Waals surface area contributed by atoms with Crippen molar-refractivity contribution >= 4 is 12.4 Å². The number of nitrogens with one attached hydrogen (secondary N) is 1. The Balaban J connectivity index is 0.00000180. The minimum Gasteiger partial charge on any atom is -0.382 e. The molecule has 0 amide bonds. The second-order valence-electron chi connectivity index (χ2n) is 6.08. The van der Waals surface area contributed by atoms with Gasteiger partial charge in [0, 0.05) is 33.3 Å². The van der Waals surface area contributed by atoms with Gasteiger partial charge in [0.05, 0.1) is 19.3 Å². The van der Waals surface area contributed by atoms with E-state index in [2.05, 4.69) is 17.1 Å². The second-order valence-corrected chi connectivity index (χ2v) is 6.08. The molecule has 2 aliphatic heterocycles. The summed E-state index contributed by atoms with van der Waals surface area (Å²) in [7, 11) is 1.72. The molecule has 2 aliphatic rings. The molecular weight excluding hydrogens is 264 g/mol. The van der Waals surface area contributed by atoms with Gasteiger partial charge >= 0.3 is 0 Å². The number of nitrogens with zero attached hydrogens (tertiary/aromatic N) is 1. The van der Waals surface area contributed by atoms with Crippen LogP contribution in [0.4, 0.5) is 0 Å². The molecule has 0 spiro atoms. The van der Waals surface area contributed by atoms with Crippen LogP contribution in [-0.2, 0) is 9.47 Å². The van der Waals surface area contributed by atoms with E-state index < -0.39 is 0 Å². The molecule has 0 aromatic carbocycles. The van der Waals surface area contributed by atoms with E-state index in [1.54, 1.807) is 7.11 Å². The van der Waals surface area contributed by atoms with E-state index in [4.69, 9.17) is 9.47 Å². The third kappa shape index (κ3) is 5.56. The number of rotatable bonds is 6. The van der Waals surface area contributed by atoms with Gasteiger partial charge in [0.15, 0.2) is 0 Å². The minimum atomic E-state index is 0. The van der Waals surface area contributed by atoms with Crippen LogP contribution in [0.15, 0.2) is 0 Å².